The van der Waals surface area contributed by atoms with Gasteiger partial charge in [0.1, 0.15) is 0 Å². The van der Waals surface area contributed by atoms with Gasteiger partial charge >= 0.3 is 0 Å². The second kappa shape index (κ2) is 4.84. The fraction of sp³-hybridized carbons (Fsp3) is 0.0769. The number of aryl methyl sites for hydroxylation is 1. The topological polar surface area (TPSA) is 72.0 Å². The van der Waals surface area contributed by atoms with Gasteiger partial charge in [0.2, 0.25) is 0 Å². The van der Waals surface area contributed by atoms with Crippen molar-refractivity contribution in [2.75, 3.05) is 4.72 Å². The number of pyridine rings is 1. The monoisotopic (exact) mass is 305 g/mol. The van der Waals surface area contributed by atoms with Crippen LogP contribution in [0.25, 0.3) is 10.9 Å². The molecule has 0 unspecified atom stereocenters. The minimum absolute atomic E-state index is 0.205. The van der Waals surface area contributed by atoms with E-state index in [0.29, 0.717) is 16.0 Å². The summed E-state index contributed by atoms with van der Waals surface area (Å²) >= 11 is 1.30. The number of hydrogen-bond acceptors (Lipinski definition) is 5. The van der Waals surface area contributed by atoms with Gasteiger partial charge in [0.05, 0.1) is 10.4 Å². The molecule has 2 heterocycles. The normalized spacial score (nSPS) is 11.7. The molecule has 0 aliphatic carbocycles. The van der Waals surface area contributed by atoms with Crippen LogP contribution >= 0.6 is 11.3 Å². The van der Waals surface area contributed by atoms with Gasteiger partial charge < -0.3 is 0 Å². The lowest BCUT2D eigenvalue weighted by Gasteiger charge is -2.07. The predicted molar refractivity (Wildman–Crippen MR) is 79.4 cm³/mol. The zero-order valence-corrected chi connectivity index (χ0v) is 12.2. The molecule has 0 atom stereocenters. The number of hydrogen-bond donors (Lipinski definition) is 1. The number of thiazole rings is 1. The third-order valence-corrected chi connectivity index (χ3v) is 5.09. The molecule has 0 aliphatic heterocycles. The van der Waals surface area contributed by atoms with E-state index < -0.39 is 10.0 Å². The smallest absolute Gasteiger partial charge is 0.256 e. The highest BCUT2D eigenvalue weighted by molar-refractivity contribution is 7.93. The van der Waals surface area contributed by atoms with Crippen molar-refractivity contribution in [2.45, 2.75) is 11.8 Å². The van der Waals surface area contributed by atoms with Crippen molar-refractivity contribution in [3.8, 4) is 0 Å². The van der Waals surface area contributed by atoms with E-state index >= 15 is 0 Å². The highest BCUT2D eigenvalue weighted by Crippen LogP contribution is 2.25. The number of benzene rings is 1. The summed E-state index contributed by atoms with van der Waals surface area (Å²) in [4.78, 5) is 9.33. The van der Waals surface area contributed by atoms with E-state index in [0.717, 1.165) is 4.88 Å². The van der Waals surface area contributed by atoms with Gasteiger partial charge in [-0.3, -0.25) is 9.71 Å². The molecule has 0 bridgehead atoms. The Bertz CT molecular complexity index is 867. The van der Waals surface area contributed by atoms with Crippen LogP contribution < -0.4 is 4.72 Å². The Morgan fingerprint density at radius 3 is 2.75 bits per heavy atom. The average molecular weight is 305 g/mol. The van der Waals surface area contributed by atoms with Crippen molar-refractivity contribution in [1.29, 1.82) is 0 Å². The summed E-state index contributed by atoms with van der Waals surface area (Å²) in [6.07, 6.45) is 3.27. The van der Waals surface area contributed by atoms with Crippen molar-refractivity contribution in [2.24, 2.45) is 0 Å². The van der Waals surface area contributed by atoms with E-state index in [2.05, 4.69) is 14.7 Å². The van der Waals surface area contributed by atoms with Crippen LogP contribution in [0.1, 0.15) is 4.88 Å². The Labute approximate surface area is 120 Å². The highest BCUT2D eigenvalue weighted by atomic mass is 32.2. The van der Waals surface area contributed by atoms with Crippen LogP contribution in [0.4, 0.5) is 5.13 Å². The Morgan fingerprint density at radius 2 is 2.00 bits per heavy atom. The Balaban J connectivity index is 2.09. The summed E-state index contributed by atoms with van der Waals surface area (Å²) in [5, 5.41) is 0.958. The van der Waals surface area contributed by atoms with Crippen LogP contribution in [0.15, 0.2) is 47.6 Å². The first kappa shape index (κ1) is 13.0. The second-order valence-electron chi connectivity index (χ2n) is 4.21. The molecule has 20 heavy (non-hydrogen) atoms. The molecule has 3 rings (SSSR count). The standard InChI is InChI=1S/C13H11N3O2S2/c1-9-8-15-13(19-9)16-20(17,18)12-6-2-5-11-10(12)4-3-7-14-11/h2-8H,1H3,(H,15,16). The summed E-state index contributed by atoms with van der Waals surface area (Å²) in [6.45, 7) is 1.87. The Kier molecular flexibility index (Phi) is 3.15. The second-order valence-corrected chi connectivity index (χ2v) is 7.09. The molecule has 1 aromatic carbocycles. The number of anilines is 1. The van der Waals surface area contributed by atoms with Crippen molar-refractivity contribution in [3.05, 3.63) is 47.6 Å². The van der Waals surface area contributed by atoms with Crippen LogP contribution in [-0.4, -0.2) is 18.4 Å². The molecule has 102 valence electrons. The maximum atomic E-state index is 12.5. The molecule has 0 amide bonds. The summed E-state index contributed by atoms with van der Waals surface area (Å²) in [6, 6.07) is 8.48. The van der Waals surface area contributed by atoms with Gasteiger partial charge in [0.15, 0.2) is 5.13 Å². The third kappa shape index (κ3) is 2.37. The molecule has 1 N–H and O–H groups in total. The fourth-order valence-electron chi connectivity index (χ4n) is 1.88. The average Bonchev–Trinajstić information content (AvgIpc) is 2.82. The van der Waals surface area contributed by atoms with E-state index in [1.165, 1.54) is 11.3 Å². The fourth-order valence-corrected chi connectivity index (χ4v) is 4.01. The van der Waals surface area contributed by atoms with E-state index in [1.54, 1.807) is 42.7 Å². The quantitative estimate of drug-likeness (QED) is 0.807. The van der Waals surface area contributed by atoms with E-state index in [9.17, 15) is 8.42 Å². The van der Waals surface area contributed by atoms with Crippen LogP contribution in [0.2, 0.25) is 0 Å². The van der Waals surface area contributed by atoms with Crippen molar-refractivity contribution < 1.29 is 8.42 Å². The molecular formula is C13H11N3O2S2. The van der Waals surface area contributed by atoms with Gasteiger partial charge in [-0.2, -0.15) is 0 Å². The third-order valence-electron chi connectivity index (χ3n) is 2.74. The number of aromatic nitrogens is 2. The predicted octanol–water partition coefficient (Wildman–Crippen LogP) is 2.80. The van der Waals surface area contributed by atoms with Crippen LogP contribution in [0.5, 0.6) is 0 Å². The number of rotatable bonds is 3. The molecule has 0 aliphatic rings. The SMILES string of the molecule is Cc1cnc(NS(=O)(=O)c2cccc3ncccc23)s1. The lowest BCUT2D eigenvalue weighted by Crippen LogP contribution is -2.13. The van der Waals surface area contributed by atoms with E-state index in [1.807, 2.05) is 6.92 Å². The minimum Gasteiger partial charge on any atom is -0.256 e. The molecule has 0 fully saturated rings. The molecule has 2 aromatic heterocycles. The van der Waals surface area contributed by atoms with Gasteiger partial charge in [0, 0.05) is 22.7 Å². The molecule has 0 spiro atoms. The van der Waals surface area contributed by atoms with Crippen molar-refractivity contribution >= 4 is 37.4 Å². The van der Waals surface area contributed by atoms with Gasteiger partial charge in [0.25, 0.3) is 10.0 Å². The molecule has 7 heteroatoms. The summed E-state index contributed by atoms with van der Waals surface area (Å²) in [5.41, 5.74) is 0.644. The zero-order chi connectivity index (χ0) is 14.2. The van der Waals surface area contributed by atoms with E-state index in [4.69, 9.17) is 0 Å². The first-order valence-electron chi connectivity index (χ1n) is 5.85. The Hall–Kier alpha value is -1.99. The molecule has 0 saturated heterocycles. The number of fused-ring (bicyclic) bond motifs is 1. The van der Waals surface area contributed by atoms with Crippen molar-refractivity contribution in [3.63, 3.8) is 0 Å². The number of sulfonamides is 1. The zero-order valence-electron chi connectivity index (χ0n) is 10.6. The van der Waals surface area contributed by atoms with Crippen LogP contribution in [0, 0.1) is 6.92 Å². The summed E-state index contributed by atoms with van der Waals surface area (Å²) in [7, 11) is -3.67. The number of nitrogens with zero attached hydrogens (tertiary/aromatic N) is 2. The minimum atomic E-state index is -3.67. The lowest BCUT2D eigenvalue weighted by molar-refractivity contribution is 0.602. The Morgan fingerprint density at radius 1 is 1.15 bits per heavy atom. The first-order chi connectivity index (χ1) is 9.56. The van der Waals surface area contributed by atoms with Crippen LogP contribution in [0.3, 0.4) is 0 Å². The summed E-state index contributed by atoms with van der Waals surface area (Å²) < 4.78 is 27.4. The van der Waals surface area contributed by atoms with Gasteiger partial charge in [-0.1, -0.05) is 6.07 Å². The molecule has 5 nitrogen and oxygen atoms in total. The van der Waals surface area contributed by atoms with Gasteiger partial charge in [-0.15, -0.1) is 11.3 Å². The number of nitrogens with one attached hydrogen (secondary N) is 1. The molecule has 0 radical (unpaired) electrons. The highest BCUT2D eigenvalue weighted by Gasteiger charge is 2.18. The van der Waals surface area contributed by atoms with Gasteiger partial charge in [-0.05, 0) is 31.2 Å². The largest absolute Gasteiger partial charge is 0.264 e. The summed E-state index contributed by atoms with van der Waals surface area (Å²) in [5.74, 6) is 0. The maximum absolute atomic E-state index is 12.5. The van der Waals surface area contributed by atoms with Gasteiger partial charge in [-0.25, -0.2) is 13.4 Å². The lowest BCUT2D eigenvalue weighted by atomic mass is 10.2. The molecule has 3 aromatic rings. The van der Waals surface area contributed by atoms with Crippen LogP contribution in [-0.2, 0) is 10.0 Å². The maximum Gasteiger partial charge on any atom is 0.264 e. The van der Waals surface area contributed by atoms with Crippen molar-refractivity contribution in [1.82, 2.24) is 9.97 Å². The molecular weight excluding hydrogens is 294 g/mol. The molecule has 0 saturated carbocycles. The first-order valence-corrected chi connectivity index (χ1v) is 8.15. The van der Waals surface area contributed by atoms with E-state index in [-0.39, 0.29) is 4.90 Å².